The quantitative estimate of drug-likeness (QED) is 0.838. The van der Waals surface area contributed by atoms with E-state index in [0.29, 0.717) is 17.2 Å². The van der Waals surface area contributed by atoms with Crippen molar-refractivity contribution in [2.24, 2.45) is 0 Å². The molecule has 0 bridgehead atoms. The minimum atomic E-state index is -0.381. The van der Waals surface area contributed by atoms with Gasteiger partial charge in [-0.3, -0.25) is 4.79 Å². The first-order valence-corrected chi connectivity index (χ1v) is 8.35. The number of esters is 1. The highest BCUT2D eigenvalue weighted by Gasteiger charge is 2.39. The van der Waals surface area contributed by atoms with Crippen LogP contribution >= 0.6 is 11.8 Å². The molecule has 0 aliphatic carbocycles. The number of nitrogens with one attached hydrogen (secondary N) is 1. The molecule has 2 rings (SSSR count). The topological polar surface area (TPSA) is 64.6 Å². The molecule has 1 heterocycles. The minimum absolute atomic E-state index is 0.115. The average molecular weight is 335 g/mol. The van der Waals surface area contributed by atoms with Gasteiger partial charge in [0.25, 0.3) is 0 Å². The van der Waals surface area contributed by atoms with Gasteiger partial charge < -0.3 is 14.8 Å². The lowest BCUT2D eigenvalue weighted by atomic mass is 9.89. The van der Waals surface area contributed by atoms with Crippen molar-refractivity contribution < 1.29 is 19.1 Å². The fourth-order valence-electron chi connectivity index (χ4n) is 2.63. The maximum absolute atomic E-state index is 12.4. The zero-order valence-electron chi connectivity index (χ0n) is 13.7. The third-order valence-corrected chi connectivity index (χ3v) is 4.79. The summed E-state index contributed by atoms with van der Waals surface area (Å²) in [5.74, 6) is 0.0494. The summed E-state index contributed by atoms with van der Waals surface area (Å²) in [6.45, 7) is 5.53. The number of carbonyl (C=O) groups is 2. The van der Waals surface area contributed by atoms with Crippen LogP contribution in [0.2, 0.25) is 0 Å². The van der Waals surface area contributed by atoms with Crippen LogP contribution in [0.1, 0.15) is 32.3 Å². The van der Waals surface area contributed by atoms with E-state index in [-0.39, 0.29) is 23.0 Å². The second-order valence-corrected chi connectivity index (χ2v) is 6.61. The maximum atomic E-state index is 12.4. The van der Waals surface area contributed by atoms with Gasteiger partial charge in [-0.2, -0.15) is 0 Å². The zero-order valence-corrected chi connectivity index (χ0v) is 14.5. The standard InChI is InChI=1S/C17H21NO4S/c1-5-22-17(20)15-14(10(2)23-16(15)18-11(3)19)12-6-8-13(21-4)9-7-12/h6-10,14H,5H2,1-4H3,(H,18,19). The van der Waals surface area contributed by atoms with E-state index in [9.17, 15) is 9.59 Å². The monoisotopic (exact) mass is 335 g/mol. The van der Waals surface area contributed by atoms with Crippen LogP contribution in [-0.4, -0.2) is 30.8 Å². The number of benzene rings is 1. The lowest BCUT2D eigenvalue weighted by molar-refractivity contribution is -0.138. The van der Waals surface area contributed by atoms with Gasteiger partial charge in [0.15, 0.2) is 0 Å². The predicted molar refractivity (Wildman–Crippen MR) is 90.3 cm³/mol. The Bertz CT molecular complexity index is 624. The summed E-state index contributed by atoms with van der Waals surface area (Å²) < 4.78 is 10.4. The number of hydrogen-bond donors (Lipinski definition) is 1. The van der Waals surface area contributed by atoms with Gasteiger partial charge in [0.1, 0.15) is 5.75 Å². The normalized spacial score (nSPS) is 20.3. The summed E-state index contributed by atoms with van der Waals surface area (Å²) in [7, 11) is 1.61. The molecule has 1 aliphatic heterocycles. The third-order valence-electron chi connectivity index (χ3n) is 3.59. The number of rotatable bonds is 5. The van der Waals surface area contributed by atoms with E-state index in [0.717, 1.165) is 11.3 Å². The van der Waals surface area contributed by atoms with E-state index < -0.39 is 0 Å². The van der Waals surface area contributed by atoms with Crippen molar-refractivity contribution in [1.82, 2.24) is 5.32 Å². The molecule has 2 unspecified atom stereocenters. The van der Waals surface area contributed by atoms with E-state index in [1.54, 1.807) is 14.0 Å². The average Bonchev–Trinajstić information content (AvgIpc) is 2.83. The highest BCUT2D eigenvalue weighted by molar-refractivity contribution is 8.04. The van der Waals surface area contributed by atoms with Gasteiger partial charge >= 0.3 is 5.97 Å². The number of carbonyl (C=O) groups excluding carboxylic acids is 2. The molecule has 5 nitrogen and oxygen atoms in total. The van der Waals surface area contributed by atoms with Crippen molar-refractivity contribution in [3.63, 3.8) is 0 Å². The summed E-state index contributed by atoms with van der Waals surface area (Å²) in [5, 5.41) is 3.46. The number of methoxy groups -OCH3 is 1. The lowest BCUT2D eigenvalue weighted by Gasteiger charge is -2.18. The van der Waals surface area contributed by atoms with Crippen molar-refractivity contribution in [2.75, 3.05) is 13.7 Å². The molecule has 0 aromatic heterocycles. The van der Waals surface area contributed by atoms with Gasteiger partial charge in [0.2, 0.25) is 5.91 Å². The highest BCUT2D eigenvalue weighted by atomic mass is 32.2. The van der Waals surface area contributed by atoms with Crippen LogP contribution in [0.15, 0.2) is 34.9 Å². The van der Waals surface area contributed by atoms with E-state index >= 15 is 0 Å². The third kappa shape index (κ3) is 3.88. The molecule has 124 valence electrons. The Kier molecular flexibility index (Phi) is 5.71. The molecule has 1 aromatic rings. The lowest BCUT2D eigenvalue weighted by Crippen LogP contribution is -2.22. The Morgan fingerprint density at radius 3 is 2.43 bits per heavy atom. The summed E-state index contributed by atoms with van der Waals surface area (Å²) in [6.07, 6.45) is 0. The van der Waals surface area contributed by atoms with Crippen LogP contribution in [0, 0.1) is 0 Å². The number of amides is 1. The molecule has 0 saturated heterocycles. The van der Waals surface area contributed by atoms with Crippen molar-refractivity contribution in [2.45, 2.75) is 31.9 Å². The maximum Gasteiger partial charge on any atom is 0.337 e. The van der Waals surface area contributed by atoms with Crippen molar-refractivity contribution in [1.29, 1.82) is 0 Å². The first-order chi connectivity index (χ1) is 11.0. The SMILES string of the molecule is CCOC(=O)C1=C(NC(C)=O)SC(C)C1c1ccc(OC)cc1. The van der Waals surface area contributed by atoms with Gasteiger partial charge in [-0.15, -0.1) is 11.8 Å². The van der Waals surface area contributed by atoms with Gasteiger partial charge in [-0.25, -0.2) is 4.79 Å². The second-order valence-electron chi connectivity index (χ2n) is 5.22. The molecular weight excluding hydrogens is 314 g/mol. The molecule has 0 fully saturated rings. The Balaban J connectivity index is 2.42. The Morgan fingerprint density at radius 1 is 1.26 bits per heavy atom. The van der Waals surface area contributed by atoms with Crippen molar-refractivity contribution >= 4 is 23.6 Å². The summed E-state index contributed by atoms with van der Waals surface area (Å²) in [6, 6.07) is 7.62. The highest BCUT2D eigenvalue weighted by Crippen LogP contribution is 2.47. The molecule has 0 saturated carbocycles. The first kappa shape index (κ1) is 17.4. The molecule has 0 spiro atoms. The van der Waals surface area contributed by atoms with Crippen LogP contribution in [0.25, 0.3) is 0 Å². The number of ether oxygens (including phenoxy) is 2. The molecule has 0 radical (unpaired) electrons. The number of hydrogen-bond acceptors (Lipinski definition) is 5. The molecule has 1 N–H and O–H groups in total. The molecule has 1 aliphatic rings. The Hall–Kier alpha value is -1.95. The Morgan fingerprint density at radius 2 is 1.91 bits per heavy atom. The first-order valence-electron chi connectivity index (χ1n) is 7.47. The zero-order chi connectivity index (χ0) is 17.0. The van der Waals surface area contributed by atoms with Gasteiger partial charge in [0, 0.05) is 18.1 Å². The molecule has 1 amide bonds. The summed E-state index contributed by atoms with van der Waals surface area (Å²) in [5.41, 5.74) is 1.51. The van der Waals surface area contributed by atoms with Crippen LogP contribution in [0.5, 0.6) is 5.75 Å². The predicted octanol–water partition coefficient (Wildman–Crippen LogP) is 2.82. The summed E-state index contributed by atoms with van der Waals surface area (Å²) in [4.78, 5) is 23.9. The largest absolute Gasteiger partial charge is 0.497 e. The van der Waals surface area contributed by atoms with Gasteiger partial charge in [0.05, 0.1) is 24.3 Å². The van der Waals surface area contributed by atoms with Crippen LogP contribution in [0.3, 0.4) is 0 Å². The minimum Gasteiger partial charge on any atom is -0.497 e. The fourth-order valence-corrected chi connectivity index (χ4v) is 3.97. The Labute approximate surface area is 140 Å². The van der Waals surface area contributed by atoms with Gasteiger partial charge in [-0.05, 0) is 24.6 Å². The van der Waals surface area contributed by atoms with E-state index in [2.05, 4.69) is 5.32 Å². The second kappa shape index (κ2) is 7.55. The molecule has 6 heteroatoms. The van der Waals surface area contributed by atoms with E-state index in [1.807, 2.05) is 31.2 Å². The molecule has 1 aromatic carbocycles. The number of thioether (sulfide) groups is 1. The van der Waals surface area contributed by atoms with Crippen LogP contribution < -0.4 is 10.1 Å². The smallest absolute Gasteiger partial charge is 0.337 e. The van der Waals surface area contributed by atoms with E-state index in [1.165, 1.54) is 18.7 Å². The summed E-state index contributed by atoms with van der Waals surface area (Å²) >= 11 is 1.48. The molecule has 2 atom stereocenters. The van der Waals surface area contributed by atoms with Crippen molar-refractivity contribution in [3.8, 4) is 5.75 Å². The van der Waals surface area contributed by atoms with Gasteiger partial charge in [-0.1, -0.05) is 19.1 Å². The molecular formula is C17H21NO4S. The molecule has 23 heavy (non-hydrogen) atoms. The van der Waals surface area contributed by atoms with Crippen molar-refractivity contribution in [3.05, 3.63) is 40.4 Å². The fraction of sp³-hybridized carbons (Fsp3) is 0.412. The van der Waals surface area contributed by atoms with Crippen LogP contribution in [0.4, 0.5) is 0 Å². The van der Waals surface area contributed by atoms with Crippen LogP contribution in [-0.2, 0) is 14.3 Å². The van der Waals surface area contributed by atoms with E-state index in [4.69, 9.17) is 9.47 Å².